The second-order valence-corrected chi connectivity index (χ2v) is 7.43. The zero-order valence-corrected chi connectivity index (χ0v) is 17.3. The first kappa shape index (κ1) is 20.3. The largest absolute Gasteiger partial charge is 0.379 e. The fourth-order valence-electron chi connectivity index (χ4n) is 3.74. The number of para-hydroxylation sites is 1. The molecule has 7 nitrogen and oxygen atoms in total. The highest BCUT2D eigenvalue weighted by atomic mass is 16.5. The molecule has 1 amide bonds. The summed E-state index contributed by atoms with van der Waals surface area (Å²) in [5.74, 6) is -0.0349. The Morgan fingerprint density at radius 3 is 2.80 bits per heavy atom. The SMILES string of the molecule is C/C(=C\C(=O)N(CCCN1CCOCC1)c1ccccc1)c1[nH]nc2ncccc12. The summed E-state index contributed by atoms with van der Waals surface area (Å²) in [6.45, 7) is 7.04. The van der Waals surface area contributed by atoms with Crippen molar-refractivity contribution in [2.45, 2.75) is 13.3 Å². The number of pyridine rings is 1. The molecule has 0 radical (unpaired) electrons. The highest BCUT2D eigenvalue weighted by Crippen LogP contribution is 2.22. The van der Waals surface area contributed by atoms with Crippen LogP contribution in [0.2, 0.25) is 0 Å². The molecule has 0 bridgehead atoms. The van der Waals surface area contributed by atoms with Crippen LogP contribution in [-0.2, 0) is 9.53 Å². The number of fused-ring (bicyclic) bond motifs is 1. The predicted molar refractivity (Wildman–Crippen MR) is 118 cm³/mol. The number of nitrogens with one attached hydrogen (secondary N) is 1. The lowest BCUT2D eigenvalue weighted by Crippen LogP contribution is -2.39. The van der Waals surface area contributed by atoms with E-state index < -0.39 is 0 Å². The van der Waals surface area contributed by atoms with Crippen molar-refractivity contribution in [2.75, 3.05) is 44.3 Å². The molecule has 0 atom stereocenters. The van der Waals surface area contributed by atoms with Crippen LogP contribution >= 0.6 is 0 Å². The van der Waals surface area contributed by atoms with Crippen LogP contribution in [0.3, 0.4) is 0 Å². The molecule has 1 aromatic carbocycles. The first-order chi connectivity index (χ1) is 14.7. The molecular formula is C23H27N5O2. The maximum atomic E-state index is 13.2. The Balaban J connectivity index is 1.50. The molecule has 1 saturated heterocycles. The van der Waals surface area contributed by atoms with E-state index in [4.69, 9.17) is 4.74 Å². The average molecular weight is 406 g/mol. The number of amides is 1. The Morgan fingerprint density at radius 1 is 1.20 bits per heavy atom. The first-order valence-electron chi connectivity index (χ1n) is 10.4. The van der Waals surface area contributed by atoms with Gasteiger partial charge in [-0.15, -0.1) is 0 Å². The van der Waals surface area contributed by atoms with E-state index in [1.807, 2.05) is 54.3 Å². The van der Waals surface area contributed by atoms with E-state index >= 15 is 0 Å². The van der Waals surface area contributed by atoms with Crippen molar-refractivity contribution in [3.05, 3.63) is 60.4 Å². The predicted octanol–water partition coefficient (Wildman–Crippen LogP) is 3.12. The number of rotatable bonds is 7. The number of aromatic nitrogens is 3. The van der Waals surface area contributed by atoms with Crippen molar-refractivity contribution in [1.82, 2.24) is 20.1 Å². The summed E-state index contributed by atoms with van der Waals surface area (Å²) < 4.78 is 5.42. The molecule has 3 aromatic rings. The lowest BCUT2D eigenvalue weighted by Gasteiger charge is -2.28. The quantitative estimate of drug-likeness (QED) is 0.612. The molecule has 1 fully saturated rings. The molecular weight excluding hydrogens is 378 g/mol. The normalized spacial score (nSPS) is 15.4. The first-order valence-corrected chi connectivity index (χ1v) is 10.4. The van der Waals surface area contributed by atoms with Gasteiger partial charge in [-0.1, -0.05) is 18.2 Å². The molecule has 7 heteroatoms. The summed E-state index contributed by atoms with van der Waals surface area (Å²) >= 11 is 0. The monoisotopic (exact) mass is 405 g/mol. The molecule has 0 saturated carbocycles. The summed E-state index contributed by atoms with van der Waals surface area (Å²) in [7, 11) is 0. The molecule has 30 heavy (non-hydrogen) atoms. The maximum Gasteiger partial charge on any atom is 0.251 e. The molecule has 2 aromatic heterocycles. The number of carbonyl (C=O) groups is 1. The van der Waals surface area contributed by atoms with Gasteiger partial charge < -0.3 is 9.64 Å². The number of carbonyl (C=O) groups excluding carboxylic acids is 1. The number of ether oxygens (including phenoxy) is 1. The van der Waals surface area contributed by atoms with Crippen molar-refractivity contribution in [3.8, 4) is 0 Å². The van der Waals surface area contributed by atoms with Gasteiger partial charge in [-0.3, -0.25) is 14.8 Å². The van der Waals surface area contributed by atoms with Gasteiger partial charge in [0.05, 0.1) is 18.9 Å². The molecule has 0 aliphatic carbocycles. The lowest BCUT2D eigenvalue weighted by atomic mass is 10.1. The molecule has 1 N–H and O–H groups in total. The number of nitrogens with zero attached hydrogens (tertiary/aromatic N) is 4. The smallest absolute Gasteiger partial charge is 0.251 e. The van der Waals surface area contributed by atoms with E-state index in [-0.39, 0.29) is 5.91 Å². The van der Waals surface area contributed by atoms with Gasteiger partial charge in [0, 0.05) is 49.5 Å². The van der Waals surface area contributed by atoms with Gasteiger partial charge >= 0.3 is 0 Å². The summed E-state index contributed by atoms with van der Waals surface area (Å²) in [6.07, 6.45) is 4.30. The third-order valence-corrected chi connectivity index (χ3v) is 5.36. The maximum absolute atomic E-state index is 13.2. The van der Waals surface area contributed by atoms with E-state index in [2.05, 4.69) is 20.1 Å². The van der Waals surface area contributed by atoms with E-state index in [0.29, 0.717) is 12.2 Å². The number of H-pyrrole nitrogens is 1. The number of hydrogen-bond donors (Lipinski definition) is 1. The Morgan fingerprint density at radius 2 is 2.00 bits per heavy atom. The number of morpholine rings is 1. The van der Waals surface area contributed by atoms with Crippen LogP contribution in [0.5, 0.6) is 0 Å². The van der Waals surface area contributed by atoms with Gasteiger partial charge in [0.1, 0.15) is 0 Å². The lowest BCUT2D eigenvalue weighted by molar-refractivity contribution is -0.114. The zero-order chi connectivity index (χ0) is 20.8. The Hall–Kier alpha value is -3.03. The van der Waals surface area contributed by atoms with Crippen LogP contribution < -0.4 is 4.90 Å². The highest BCUT2D eigenvalue weighted by Gasteiger charge is 2.17. The summed E-state index contributed by atoms with van der Waals surface area (Å²) in [5, 5.41) is 8.16. The molecule has 0 spiro atoms. The second kappa shape index (κ2) is 9.65. The van der Waals surface area contributed by atoms with E-state index in [1.165, 1.54) is 0 Å². The van der Waals surface area contributed by atoms with Crippen molar-refractivity contribution >= 4 is 28.2 Å². The van der Waals surface area contributed by atoms with Crippen molar-refractivity contribution in [2.24, 2.45) is 0 Å². The minimum Gasteiger partial charge on any atom is -0.379 e. The molecule has 1 aliphatic heterocycles. The van der Waals surface area contributed by atoms with Crippen molar-refractivity contribution < 1.29 is 9.53 Å². The number of anilines is 1. The topological polar surface area (TPSA) is 74.3 Å². The molecule has 1 aliphatic rings. The minimum atomic E-state index is -0.0349. The molecule has 156 valence electrons. The number of aromatic amines is 1. The van der Waals surface area contributed by atoms with Crippen LogP contribution in [0.15, 0.2) is 54.7 Å². The van der Waals surface area contributed by atoms with E-state index in [1.54, 1.807) is 12.3 Å². The van der Waals surface area contributed by atoms with Crippen LogP contribution in [0.25, 0.3) is 16.6 Å². The van der Waals surface area contributed by atoms with Gasteiger partial charge in [-0.05, 0) is 43.2 Å². The standard InChI is InChI=1S/C23H27N5O2/c1-18(22-20-9-5-10-24-23(20)26-25-22)17-21(29)28(19-7-3-2-4-8-19)12-6-11-27-13-15-30-16-14-27/h2-5,7-10,17H,6,11-16H2,1H3,(H,24,25,26)/b18-17+. The van der Waals surface area contributed by atoms with Gasteiger partial charge in [0.2, 0.25) is 0 Å². The summed E-state index contributed by atoms with van der Waals surface area (Å²) in [6, 6.07) is 13.7. The van der Waals surface area contributed by atoms with Crippen LogP contribution in [0.4, 0.5) is 5.69 Å². The third-order valence-electron chi connectivity index (χ3n) is 5.36. The van der Waals surface area contributed by atoms with Gasteiger partial charge in [0.25, 0.3) is 5.91 Å². The second-order valence-electron chi connectivity index (χ2n) is 7.43. The zero-order valence-electron chi connectivity index (χ0n) is 17.3. The molecule has 3 heterocycles. The van der Waals surface area contributed by atoms with E-state index in [9.17, 15) is 4.79 Å². The third kappa shape index (κ3) is 4.75. The summed E-state index contributed by atoms with van der Waals surface area (Å²) in [5.41, 5.74) is 3.22. The van der Waals surface area contributed by atoms with Crippen molar-refractivity contribution in [1.29, 1.82) is 0 Å². The fraction of sp³-hybridized carbons (Fsp3) is 0.348. The van der Waals surface area contributed by atoms with Crippen LogP contribution in [-0.4, -0.2) is 65.4 Å². The Bertz CT molecular complexity index is 1010. The van der Waals surface area contributed by atoms with Gasteiger partial charge in [-0.25, -0.2) is 4.98 Å². The van der Waals surface area contributed by atoms with E-state index in [0.717, 1.165) is 61.6 Å². The van der Waals surface area contributed by atoms with Gasteiger partial charge in [0.15, 0.2) is 5.65 Å². The number of benzene rings is 1. The van der Waals surface area contributed by atoms with Crippen molar-refractivity contribution in [3.63, 3.8) is 0 Å². The Kier molecular flexibility index (Phi) is 6.51. The minimum absolute atomic E-state index is 0.0349. The highest BCUT2D eigenvalue weighted by molar-refractivity contribution is 6.06. The Labute approximate surface area is 176 Å². The summed E-state index contributed by atoms with van der Waals surface area (Å²) in [4.78, 5) is 21.7. The molecule has 0 unspecified atom stereocenters. The molecule has 4 rings (SSSR count). The number of hydrogen-bond acceptors (Lipinski definition) is 5. The average Bonchev–Trinajstić information content (AvgIpc) is 3.22. The fourth-order valence-corrected chi connectivity index (χ4v) is 3.74. The van der Waals surface area contributed by atoms with Gasteiger partial charge in [-0.2, -0.15) is 5.10 Å². The number of allylic oxidation sites excluding steroid dienone is 1. The van der Waals surface area contributed by atoms with Crippen LogP contribution in [0.1, 0.15) is 19.0 Å². The van der Waals surface area contributed by atoms with Crippen LogP contribution in [0, 0.1) is 0 Å².